The zero-order chi connectivity index (χ0) is 14.0. The highest BCUT2D eigenvalue weighted by Crippen LogP contribution is 2.25. The maximum absolute atomic E-state index is 12.6. The van der Waals surface area contributed by atoms with Gasteiger partial charge >= 0.3 is 0 Å². The highest BCUT2D eigenvalue weighted by atomic mass is 16.2. The molecular weight excluding hydrogens is 240 g/mol. The van der Waals surface area contributed by atoms with Crippen LogP contribution in [0.4, 0.5) is 5.82 Å². The monoisotopic (exact) mass is 262 g/mol. The molecular formula is C14H22N4O. The summed E-state index contributed by atoms with van der Waals surface area (Å²) in [5.41, 5.74) is 4.07. The topological polar surface area (TPSA) is 71.2 Å². The number of aryl methyl sites for hydroxylation is 1. The molecule has 1 aromatic rings. The average Bonchev–Trinajstić information content (AvgIpc) is 2.76. The van der Waals surface area contributed by atoms with Crippen molar-refractivity contribution in [3.05, 3.63) is 23.4 Å². The number of likely N-dealkylation sites (tertiary alicyclic amines) is 1. The number of nitrogens with zero attached hydrogens (tertiary/aromatic N) is 2. The Hall–Kier alpha value is -1.62. The molecule has 2 atom stereocenters. The number of pyridine rings is 1. The maximum Gasteiger partial charge on any atom is 0.254 e. The van der Waals surface area contributed by atoms with E-state index in [2.05, 4.69) is 24.3 Å². The molecule has 1 aromatic heterocycles. The lowest BCUT2D eigenvalue weighted by molar-refractivity contribution is 0.0743. The van der Waals surface area contributed by atoms with E-state index in [1.165, 1.54) is 0 Å². The molecule has 5 heteroatoms. The van der Waals surface area contributed by atoms with Gasteiger partial charge in [0.25, 0.3) is 5.91 Å². The van der Waals surface area contributed by atoms with E-state index in [0.29, 0.717) is 23.3 Å². The van der Waals surface area contributed by atoms with Gasteiger partial charge in [0.15, 0.2) is 0 Å². The summed E-state index contributed by atoms with van der Waals surface area (Å²) in [7, 11) is 0. The Bertz CT molecular complexity index is 452. The van der Waals surface area contributed by atoms with Gasteiger partial charge in [0, 0.05) is 23.8 Å². The molecule has 0 saturated carbocycles. The van der Waals surface area contributed by atoms with E-state index in [4.69, 9.17) is 5.84 Å². The van der Waals surface area contributed by atoms with Crippen LogP contribution in [0, 0.1) is 5.92 Å². The third-order valence-corrected chi connectivity index (χ3v) is 3.68. The second-order valence-electron chi connectivity index (χ2n) is 5.38. The van der Waals surface area contributed by atoms with Gasteiger partial charge in [0.2, 0.25) is 0 Å². The van der Waals surface area contributed by atoms with Crippen LogP contribution in [-0.4, -0.2) is 28.4 Å². The van der Waals surface area contributed by atoms with E-state index in [0.717, 1.165) is 25.1 Å². The second kappa shape index (κ2) is 5.57. The van der Waals surface area contributed by atoms with Crippen molar-refractivity contribution in [2.24, 2.45) is 11.8 Å². The van der Waals surface area contributed by atoms with E-state index in [1.54, 1.807) is 6.07 Å². The van der Waals surface area contributed by atoms with Crippen molar-refractivity contribution in [3.63, 3.8) is 0 Å². The van der Waals surface area contributed by atoms with Gasteiger partial charge in [-0.3, -0.25) is 4.79 Å². The van der Waals surface area contributed by atoms with Gasteiger partial charge in [0.05, 0.1) is 0 Å². The summed E-state index contributed by atoms with van der Waals surface area (Å²) in [4.78, 5) is 18.8. The minimum atomic E-state index is 0.0745. The molecule has 2 heterocycles. The molecule has 0 radical (unpaired) electrons. The van der Waals surface area contributed by atoms with E-state index < -0.39 is 0 Å². The van der Waals surface area contributed by atoms with Crippen LogP contribution in [0.5, 0.6) is 0 Å². The molecule has 0 spiro atoms. The molecule has 0 bridgehead atoms. The van der Waals surface area contributed by atoms with Crippen LogP contribution in [0.15, 0.2) is 12.1 Å². The zero-order valence-electron chi connectivity index (χ0n) is 11.8. The molecule has 1 aliphatic rings. The molecule has 1 aliphatic heterocycles. The Morgan fingerprint density at radius 3 is 2.79 bits per heavy atom. The molecule has 1 amide bonds. The number of anilines is 1. The maximum atomic E-state index is 12.6. The first-order chi connectivity index (χ1) is 9.05. The second-order valence-corrected chi connectivity index (χ2v) is 5.38. The van der Waals surface area contributed by atoms with Crippen molar-refractivity contribution >= 4 is 11.7 Å². The van der Waals surface area contributed by atoms with Gasteiger partial charge in [-0.15, -0.1) is 0 Å². The fraction of sp³-hybridized carbons (Fsp3) is 0.571. The van der Waals surface area contributed by atoms with Crippen LogP contribution in [-0.2, 0) is 6.42 Å². The number of nitrogen functional groups attached to an aromatic ring is 1. The van der Waals surface area contributed by atoms with E-state index in [9.17, 15) is 4.79 Å². The first-order valence-electron chi connectivity index (χ1n) is 6.83. The lowest BCUT2D eigenvalue weighted by Crippen LogP contribution is -2.34. The normalized spacial score (nSPS) is 22.6. The standard InChI is InChI=1S/C14H22N4O/c1-4-12-6-11(7-13(16-12)17-15)14(19)18-8-9(2)5-10(18)3/h6-7,9-10H,4-5,8,15H2,1-3H3,(H,16,17). The lowest BCUT2D eigenvalue weighted by Gasteiger charge is -2.22. The van der Waals surface area contributed by atoms with Crippen molar-refractivity contribution in [2.75, 3.05) is 12.0 Å². The number of hydrogen-bond acceptors (Lipinski definition) is 4. The minimum absolute atomic E-state index is 0.0745. The van der Waals surface area contributed by atoms with E-state index in [1.807, 2.05) is 17.9 Å². The predicted molar refractivity (Wildman–Crippen MR) is 75.7 cm³/mol. The summed E-state index contributed by atoms with van der Waals surface area (Å²) in [6, 6.07) is 3.88. The van der Waals surface area contributed by atoms with Crippen LogP contribution in [0.2, 0.25) is 0 Å². The Morgan fingerprint density at radius 1 is 1.53 bits per heavy atom. The lowest BCUT2D eigenvalue weighted by atomic mass is 10.1. The molecule has 3 N–H and O–H groups in total. The quantitative estimate of drug-likeness (QED) is 0.643. The SMILES string of the molecule is CCc1cc(C(=O)N2CC(C)CC2C)cc(NN)n1. The van der Waals surface area contributed by atoms with Crippen LogP contribution >= 0.6 is 0 Å². The number of hydrogen-bond donors (Lipinski definition) is 2. The molecule has 2 rings (SSSR count). The average molecular weight is 262 g/mol. The van der Waals surface area contributed by atoms with E-state index >= 15 is 0 Å². The highest BCUT2D eigenvalue weighted by molar-refractivity contribution is 5.95. The summed E-state index contributed by atoms with van der Waals surface area (Å²) in [6.45, 7) is 7.12. The third kappa shape index (κ3) is 2.87. The Labute approximate surface area is 114 Å². The zero-order valence-corrected chi connectivity index (χ0v) is 11.8. The summed E-state index contributed by atoms with van der Waals surface area (Å²) >= 11 is 0. The summed E-state index contributed by atoms with van der Waals surface area (Å²) < 4.78 is 0. The molecule has 1 saturated heterocycles. The van der Waals surface area contributed by atoms with Crippen molar-refractivity contribution in [3.8, 4) is 0 Å². The predicted octanol–water partition coefficient (Wildman–Crippen LogP) is 1.80. The molecule has 0 aliphatic carbocycles. The number of amides is 1. The Morgan fingerprint density at radius 2 is 2.26 bits per heavy atom. The van der Waals surface area contributed by atoms with Gasteiger partial charge in [-0.25, -0.2) is 10.8 Å². The first-order valence-corrected chi connectivity index (χ1v) is 6.83. The highest BCUT2D eigenvalue weighted by Gasteiger charge is 2.30. The van der Waals surface area contributed by atoms with Crippen LogP contribution in [0.1, 0.15) is 43.2 Å². The third-order valence-electron chi connectivity index (χ3n) is 3.68. The molecule has 104 valence electrons. The van der Waals surface area contributed by atoms with Gasteiger partial charge in [0.1, 0.15) is 5.82 Å². The first kappa shape index (κ1) is 13.8. The Kier molecular flexibility index (Phi) is 4.04. The number of carbonyl (C=O) groups excluding carboxylic acids is 1. The molecule has 19 heavy (non-hydrogen) atoms. The minimum Gasteiger partial charge on any atom is -0.336 e. The Balaban J connectivity index is 2.28. The summed E-state index contributed by atoms with van der Waals surface area (Å²) in [6.07, 6.45) is 1.85. The number of aromatic nitrogens is 1. The molecule has 1 fully saturated rings. The summed E-state index contributed by atoms with van der Waals surface area (Å²) in [5, 5.41) is 0. The summed E-state index contributed by atoms with van der Waals surface area (Å²) in [5.74, 6) is 6.59. The van der Waals surface area contributed by atoms with E-state index in [-0.39, 0.29) is 5.91 Å². The van der Waals surface area contributed by atoms with Gasteiger partial charge in [-0.05, 0) is 37.8 Å². The number of nitrogens with one attached hydrogen (secondary N) is 1. The van der Waals surface area contributed by atoms with Gasteiger partial charge < -0.3 is 10.3 Å². The smallest absolute Gasteiger partial charge is 0.254 e. The number of nitrogens with two attached hydrogens (primary N) is 1. The van der Waals surface area contributed by atoms with Crippen molar-refractivity contribution in [2.45, 2.75) is 39.7 Å². The van der Waals surface area contributed by atoms with Gasteiger partial charge in [-0.1, -0.05) is 13.8 Å². The van der Waals surface area contributed by atoms with Crippen LogP contribution in [0.25, 0.3) is 0 Å². The molecule has 2 unspecified atom stereocenters. The fourth-order valence-corrected chi connectivity index (χ4v) is 2.71. The number of rotatable bonds is 3. The molecule has 0 aromatic carbocycles. The fourth-order valence-electron chi connectivity index (χ4n) is 2.71. The van der Waals surface area contributed by atoms with Crippen molar-refractivity contribution in [1.82, 2.24) is 9.88 Å². The number of hydrazine groups is 1. The van der Waals surface area contributed by atoms with Crippen molar-refractivity contribution < 1.29 is 4.79 Å². The van der Waals surface area contributed by atoms with Crippen molar-refractivity contribution in [1.29, 1.82) is 0 Å². The van der Waals surface area contributed by atoms with Gasteiger partial charge in [-0.2, -0.15) is 0 Å². The number of carbonyl (C=O) groups is 1. The van der Waals surface area contributed by atoms with Crippen LogP contribution in [0.3, 0.4) is 0 Å². The molecule has 5 nitrogen and oxygen atoms in total. The largest absolute Gasteiger partial charge is 0.336 e. The van der Waals surface area contributed by atoms with Crippen LogP contribution < -0.4 is 11.3 Å².